The average Bonchev–Trinajstić information content (AvgIpc) is 2.73. The van der Waals surface area contributed by atoms with Crippen molar-refractivity contribution in [2.45, 2.75) is 69.9 Å². The molecule has 0 aromatic carbocycles. The summed E-state index contributed by atoms with van der Waals surface area (Å²) in [4.78, 5) is 2.55. The summed E-state index contributed by atoms with van der Waals surface area (Å²) in [5.41, 5.74) is 0. The largest absolute Gasteiger partial charge is 0.299 e. The lowest BCUT2D eigenvalue weighted by atomic mass is 9.94. The predicted molar refractivity (Wildman–Crippen MR) is 66.0 cm³/mol. The summed E-state index contributed by atoms with van der Waals surface area (Å²) in [5.74, 6) is 0.285. The molecule has 0 heterocycles. The monoisotopic (exact) mass is 220 g/mol. The molecular formula is C14H24N2. The first kappa shape index (κ1) is 11.9. The third-order valence-electron chi connectivity index (χ3n) is 4.57. The Morgan fingerprint density at radius 3 is 2.25 bits per heavy atom. The summed E-state index contributed by atoms with van der Waals surface area (Å²) in [6, 6.07) is 3.86. The molecule has 2 fully saturated rings. The van der Waals surface area contributed by atoms with Crippen molar-refractivity contribution in [3.05, 3.63) is 0 Å². The van der Waals surface area contributed by atoms with Crippen LogP contribution in [0.2, 0.25) is 0 Å². The van der Waals surface area contributed by atoms with Crippen molar-refractivity contribution >= 4 is 0 Å². The first-order valence-electron chi connectivity index (χ1n) is 6.94. The highest BCUT2D eigenvalue weighted by Gasteiger charge is 2.31. The molecule has 0 aromatic rings. The van der Waals surface area contributed by atoms with E-state index in [1.807, 2.05) is 0 Å². The molecule has 2 heteroatoms. The molecule has 16 heavy (non-hydrogen) atoms. The zero-order valence-corrected chi connectivity index (χ0v) is 10.5. The maximum atomic E-state index is 9.30. The maximum Gasteiger partial charge on any atom is 0.0672 e. The molecule has 2 unspecified atom stereocenters. The fourth-order valence-electron chi connectivity index (χ4n) is 3.51. The lowest BCUT2D eigenvalue weighted by molar-refractivity contribution is 0.136. The molecule has 0 N–H and O–H groups in total. The number of nitrogens with zero attached hydrogens (tertiary/aromatic N) is 2. The summed E-state index contributed by atoms with van der Waals surface area (Å²) < 4.78 is 0. The van der Waals surface area contributed by atoms with E-state index in [-0.39, 0.29) is 5.92 Å². The fourth-order valence-corrected chi connectivity index (χ4v) is 3.51. The Morgan fingerprint density at radius 1 is 0.938 bits per heavy atom. The Morgan fingerprint density at radius 2 is 1.56 bits per heavy atom. The van der Waals surface area contributed by atoms with E-state index in [2.05, 4.69) is 18.0 Å². The lowest BCUT2D eigenvalue weighted by Gasteiger charge is -2.34. The maximum absolute atomic E-state index is 9.30. The normalized spacial score (nSPS) is 32.6. The topological polar surface area (TPSA) is 27.0 Å². The number of rotatable bonds is 2. The summed E-state index contributed by atoms with van der Waals surface area (Å²) in [6.07, 6.45) is 11.7. The first-order chi connectivity index (χ1) is 7.83. The Labute approximate surface area is 99.6 Å². The third-order valence-corrected chi connectivity index (χ3v) is 4.57. The zero-order valence-electron chi connectivity index (χ0n) is 10.5. The fraction of sp³-hybridized carbons (Fsp3) is 0.929. The van der Waals surface area contributed by atoms with E-state index in [4.69, 9.17) is 0 Å². The molecular weight excluding hydrogens is 196 g/mol. The molecule has 2 atom stereocenters. The van der Waals surface area contributed by atoms with Gasteiger partial charge in [-0.1, -0.05) is 32.1 Å². The second-order valence-electron chi connectivity index (χ2n) is 5.54. The highest BCUT2D eigenvalue weighted by molar-refractivity contribution is 4.96. The molecule has 2 saturated carbocycles. The summed E-state index contributed by atoms with van der Waals surface area (Å²) in [5, 5.41) is 9.30. The second kappa shape index (κ2) is 5.68. The quantitative estimate of drug-likeness (QED) is 0.667. The van der Waals surface area contributed by atoms with Gasteiger partial charge in [0.15, 0.2) is 0 Å². The van der Waals surface area contributed by atoms with E-state index in [0.717, 1.165) is 12.5 Å². The molecule has 2 aliphatic rings. The second-order valence-corrected chi connectivity index (χ2v) is 5.54. The van der Waals surface area contributed by atoms with Gasteiger partial charge in [0, 0.05) is 12.1 Å². The summed E-state index contributed by atoms with van der Waals surface area (Å²) in [6.45, 7) is 0. The van der Waals surface area contributed by atoms with Crippen LogP contribution in [0.4, 0.5) is 0 Å². The van der Waals surface area contributed by atoms with Gasteiger partial charge >= 0.3 is 0 Å². The van der Waals surface area contributed by atoms with Crippen LogP contribution >= 0.6 is 0 Å². The van der Waals surface area contributed by atoms with Gasteiger partial charge in [-0.25, -0.2) is 0 Å². The Kier molecular flexibility index (Phi) is 4.23. The minimum absolute atomic E-state index is 0.285. The molecule has 0 aromatic heterocycles. The van der Waals surface area contributed by atoms with Crippen LogP contribution in [-0.2, 0) is 0 Å². The molecule has 2 rings (SSSR count). The molecule has 2 nitrogen and oxygen atoms in total. The highest BCUT2D eigenvalue weighted by atomic mass is 15.2. The predicted octanol–water partition coefficient (Wildman–Crippen LogP) is 3.33. The van der Waals surface area contributed by atoms with Crippen molar-refractivity contribution < 1.29 is 0 Å². The van der Waals surface area contributed by atoms with Gasteiger partial charge in [0.1, 0.15) is 0 Å². The van der Waals surface area contributed by atoms with Gasteiger partial charge in [-0.2, -0.15) is 5.26 Å². The first-order valence-corrected chi connectivity index (χ1v) is 6.94. The SMILES string of the molecule is CN(C1CCCC1)C1CCCCCC1C#N. The van der Waals surface area contributed by atoms with Crippen LogP contribution in [0.3, 0.4) is 0 Å². The average molecular weight is 220 g/mol. The van der Waals surface area contributed by atoms with Crippen molar-refractivity contribution in [2.75, 3.05) is 7.05 Å². The van der Waals surface area contributed by atoms with Gasteiger partial charge in [-0.15, -0.1) is 0 Å². The zero-order chi connectivity index (χ0) is 11.4. The molecule has 0 aliphatic heterocycles. The van der Waals surface area contributed by atoms with E-state index in [1.54, 1.807) is 0 Å². The Bertz CT molecular complexity index is 250. The van der Waals surface area contributed by atoms with E-state index in [0.29, 0.717) is 6.04 Å². The Balaban J connectivity index is 2.00. The van der Waals surface area contributed by atoms with Crippen molar-refractivity contribution in [3.63, 3.8) is 0 Å². The summed E-state index contributed by atoms with van der Waals surface area (Å²) >= 11 is 0. The molecule has 0 spiro atoms. The van der Waals surface area contributed by atoms with Gasteiger partial charge in [0.2, 0.25) is 0 Å². The number of hydrogen-bond acceptors (Lipinski definition) is 2. The van der Waals surface area contributed by atoms with Crippen molar-refractivity contribution in [1.29, 1.82) is 5.26 Å². The van der Waals surface area contributed by atoms with Crippen LogP contribution < -0.4 is 0 Å². The Hall–Kier alpha value is -0.550. The lowest BCUT2D eigenvalue weighted by Crippen LogP contribution is -2.42. The van der Waals surface area contributed by atoms with Gasteiger partial charge in [0.05, 0.1) is 12.0 Å². The van der Waals surface area contributed by atoms with Crippen LogP contribution in [-0.4, -0.2) is 24.0 Å². The standard InChI is InChI=1S/C14H24N2/c1-16(13-8-5-6-9-13)14-10-4-2-3-7-12(14)11-15/h12-14H,2-10H2,1H3. The molecule has 0 bridgehead atoms. The van der Waals surface area contributed by atoms with Crippen LogP contribution in [0, 0.1) is 17.2 Å². The van der Waals surface area contributed by atoms with E-state index < -0.39 is 0 Å². The van der Waals surface area contributed by atoms with E-state index in [1.165, 1.54) is 51.4 Å². The van der Waals surface area contributed by atoms with E-state index in [9.17, 15) is 5.26 Å². The number of nitriles is 1. The van der Waals surface area contributed by atoms with Gasteiger partial charge in [-0.3, -0.25) is 4.90 Å². The molecule has 90 valence electrons. The van der Waals surface area contributed by atoms with Crippen LogP contribution in [0.5, 0.6) is 0 Å². The highest BCUT2D eigenvalue weighted by Crippen LogP contribution is 2.31. The minimum Gasteiger partial charge on any atom is -0.299 e. The van der Waals surface area contributed by atoms with Gasteiger partial charge in [0.25, 0.3) is 0 Å². The molecule has 0 amide bonds. The molecule has 0 radical (unpaired) electrons. The van der Waals surface area contributed by atoms with Crippen molar-refractivity contribution in [2.24, 2.45) is 5.92 Å². The smallest absolute Gasteiger partial charge is 0.0672 e. The minimum atomic E-state index is 0.285. The van der Waals surface area contributed by atoms with Crippen LogP contribution in [0.25, 0.3) is 0 Å². The van der Waals surface area contributed by atoms with Crippen LogP contribution in [0.1, 0.15) is 57.8 Å². The van der Waals surface area contributed by atoms with Crippen LogP contribution in [0.15, 0.2) is 0 Å². The van der Waals surface area contributed by atoms with Crippen molar-refractivity contribution in [3.8, 4) is 6.07 Å². The third kappa shape index (κ3) is 2.58. The number of hydrogen-bond donors (Lipinski definition) is 0. The molecule has 0 saturated heterocycles. The molecule has 2 aliphatic carbocycles. The van der Waals surface area contributed by atoms with Gasteiger partial charge in [-0.05, 0) is 32.7 Å². The van der Waals surface area contributed by atoms with Gasteiger partial charge < -0.3 is 0 Å². The van der Waals surface area contributed by atoms with E-state index >= 15 is 0 Å². The summed E-state index contributed by atoms with van der Waals surface area (Å²) in [7, 11) is 2.26. The van der Waals surface area contributed by atoms with Crippen molar-refractivity contribution in [1.82, 2.24) is 4.90 Å².